The third-order valence-electron chi connectivity index (χ3n) is 3.90. The van der Waals surface area contributed by atoms with E-state index in [4.69, 9.17) is 10.5 Å². The summed E-state index contributed by atoms with van der Waals surface area (Å²) in [5.41, 5.74) is 7.13. The van der Waals surface area contributed by atoms with E-state index in [2.05, 4.69) is 27.8 Å². The molecule has 0 spiro atoms. The molecule has 1 heterocycles. The Bertz CT molecular complexity index is 959. The lowest BCUT2D eigenvalue weighted by atomic mass is 10.1. The number of nitrogens with zero attached hydrogens (tertiary/aromatic N) is 3. The zero-order valence-corrected chi connectivity index (χ0v) is 21.8. The third kappa shape index (κ3) is 11.5. The van der Waals surface area contributed by atoms with Crippen LogP contribution in [0.5, 0.6) is 5.75 Å². The summed E-state index contributed by atoms with van der Waals surface area (Å²) in [7, 11) is 3.92. The summed E-state index contributed by atoms with van der Waals surface area (Å²) in [6, 6.07) is 15.4. The Morgan fingerprint density at radius 1 is 1.09 bits per heavy atom. The number of thiol groups is 1. The molecule has 0 radical (unpaired) electrons. The maximum Gasteiger partial charge on any atom is 0.288 e. The van der Waals surface area contributed by atoms with Crippen molar-refractivity contribution in [3.8, 4) is 5.75 Å². The molecule has 0 unspecified atom stereocenters. The summed E-state index contributed by atoms with van der Waals surface area (Å²) in [6.45, 7) is 8.44. The van der Waals surface area contributed by atoms with Gasteiger partial charge in [0.25, 0.3) is 5.91 Å². The Kier molecular flexibility index (Phi) is 16.4. The van der Waals surface area contributed by atoms with E-state index >= 15 is 0 Å². The van der Waals surface area contributed by atoms with Crippen LogP contribution < -0.4 is 15.4 Å². The van der Waals surface area contributed by atoms with E-state index in [9.17, 15) is 9.59 Å². The highest BCUT2D eigenvalue weighted by Gasteiger charge is 2.08. The largest absolute Gasteiger partial charge is 0.491 e. The summed E-state index contributed by atoms with van der Waals surface area (Å²) in [4.78, 5) is 27.8. The molecule has 0 bridgehead atoms. The van der Waals surface area contributed by atoms with Crippen LogP contribution in [0, 0.1) is 0 Å². The van der Waals surface area contributed by atoms with E-state index < -0.39 is 5.91 Å². The van der Waals surface area contributed by atoms with Crippen LogP contribution in [0.4, 0.5) is 5.69 Å². The third-order valence-corrected chi connectivity index (χ3v) is 4.20. The van der Waals surface area contributed by atoms with Gasteiger partial charge in [-0.2, -0.15) is 0 Å². The van der Waals surface area contributed by atoms with Gasteiger partial charge in [0, 0.05) is 31.8 Å². The first kappa shape index (κ1) is 30.7. The first-order valence-corrected chi connectivity index (χ1v) is 11.7. The molecule has 186 valence electrons. The van der Waals surface area contributed by atoms with E-state index in [0.717, 1.165) is 28.2 Å². The van der Waals surface area contributed by atoms with Crippen LogP contribution in [0.15, 0.2) is 53.4 Å². The second kappa shape index (κ2) is 18.1. The number of ether oxygens (including phenoxy) is 1. The van der Waals surface area contributed by atoms with Gasteiger partial charge in [0.05, 0.1) is 12.3 Å². The number of amides is 1. The van der Waals surface area contributed by atoms with Crippen molar-refractivity contribution in [3.63, 3.8) is 0 Å². The maximum atomic E-state index is 10.8. The van der Waals surface area contributed by atoms with Crippen LogP contribution >= 0.6 is 12.6 Å². The number of anilines is 1. The van der Waals surface area contributed by atoms with Crippen LogP contribution in [-0.2, 0) is 11.2 Å². The quantitative estimate of drug-likeness (QED) is 0.244. The van der Waals surface area contributed by atoms with Crippen LogP contribution in [0.2, 0.25) is 0 Å². The lowest BCUT2D eigenvalue weighted by Crippen LogP contribution is -2.12. The van der Waals surface area contributed by atoms with Crippen molar-refractivity contribution in [2.75, 3.05) is 25.6 Å². The average molecular weight is 488 g/mol. The van der Waals surface area contributed by atoms with Gasteiger partial charge in [0.2, 0.25) is 5.82 Å². The molecule has 0 fully saturated rings. The fraction of sp³-hybridized carbons (Fsp3) is 0.360. The summed E-state index contributed by atoms with van der Waals surface area (Å²) in [5.74, 6) is 0.814. The predicted molar refractivity (Wildman–Crippen MR) is 141 cm³/mol. The van der Waals surface area contributed by atoms with E-state index in [1.807, 2.05) is 95.2 Å². The second-order valence-electron chi connectivity index (χ2n) is 6.48. The lowest BCUT2D eigenvalue weighted by molar-refractivity contribution is -0.108. The van der Waals surface area contributed by atoms with Crippen molar-refractivity contribution in [2.24, 2.45) is 5.73 Å². The minimum atomic E-state index is -0.631. The van der Waals surface area contributed by atoms with Gasteiger partial charge < -0.3 is 20.2 Å². The maximum absolute atomic E-state index is 10.8. The molecule has 0 saturated heterocycles. The van der Waals surface area contributed by atoms with Crippen LogP contribution in [0.25, 0.3) is 0 Å². The smallest absolute Gasteiger partial charge is 0.288 e. The van der Waals surface area contributed by atoms with Crippen molar-refractivity contribution in [1.82, 2.24) is 15.2 Å². The highest BCUT2D eigenvalue weighted by Crippen LogP contribution is 2.25. The van der Waals surface area contributed by atoms with Crippen molar-refractivity contribution in [2.45, 2.75) is 45.4 Å². The number of aromatic nitrogens is 3. The highest BCUT2D eigenvalue weighted by atomic mass is 32.1. The van der Waals surface area contributed by atoms with Crippen molar-refractivity contribution in [1.29, 1.82) is 0 Å². The molecule has 1 amide bonds. The normalized spacial score (nSPS) is 9.15. The van der Waals surface area contributed by atoms with Crippen molar-refractivity contribution >= 4 is 30.5 Å². The number of aromatic amines is 1. The molecular formula is C25H37N5O3S. The Labute approximate surface area is 208 Å². The van der Waals surface area contributed by atoms with Gasteiger partial charge in [-0.1, -0.05) is 52.0 Å². The molecule has 8 nitrogen and oxygen atoms in total. The van der Waals surface area contributed by atoms with E-state index in [1.165, 1.54) is 0 Å². The van der Waals surface area contributed by atoms with Crippen LogP contribution in [0.3, 0.4) is 0 Å². The first-order valence-electron chi connectivity index (χ1n) is 11.2. The number of nitrogens with one attached hydrogen (secondary N) is 1. The molecule has 34 heavy (non-hydrogen) atoms. The molecule has 9 heteroatoms. The Morgan fingerprint density at radius 3 is 2.24 bits per heavy atom. The van der Waals surface area contributed by atoms with Gasteiger partial charge in [-0.3, -0.25) is 9.89 Å². The summed E-state index contributed by atoms with van der Waals surface area (Å²) in [6.07, 6.45) is 1.87. The minimum Gasteiger partial charge on any atom is -0.491 e. The van der Waals surface area contributed by atoms with E-state index in [1.54, 1.807) is 0 Å². The molecule has 0 aliphatic carbocycles. The minimum absolute atomic E-state index is 0.0146. The van der Waals surface area contributed by atoms with Crippen molar-refractivity contribution < 1.29 is 14.3 Å². The summed E-state index contributed by atoms with van der Waals surface area (Å²) in [5, 5.41) is 6.37. The number of rotatable bonds is 8. The first-order chi connectivity index (χ1) is 16.4. The van der Waals surface area contributed by atoms with Gasteiger partial charge in [0.1, 0.15) is 17.9 Å². The van der Waals surface area contributed by atoms with Gasteiger partial charge in [-0.15, -0.1) is 17.7 Å². The Balaban J connectivity index is 0.000000563. The second-order valence-corrected chi connectivity index (χ2v) is 7.00. The fourth-order valence-electron chi connectivity index (χ4n) is 2.46. The average Bonchev–Trinajstić information content (AvgIpc) is 3.33. The number of nitrogens with two attached hydrogens (primary N) is 1. The van der Waals surface area contributed by atoms with Gasteiger partial charge in [-0.25, -0.2) is 4.98 Å². The van der Waals surface area contributed by atoms with Gasteiger partial charge in [0.15, 0.2) is 0 Å². The molecule has 0 atom stereocenters. The number of H-pyrrole nitrogens is 1. The highest BCUT2D eigenvalue weighted by molar-refractivity contribution is 7.80. The molecule has 3 aromatic rings. The number of carbonyl (C=O) groups is 2. The van der Waals surface area contributed by atoms with Gasteiger partial charge in [-0.05, 0) is 29.8 Å². The lowest BCUT2D eigenvalue weighted by Gasteiger charge is -2.17. The topological polar surface area (TPSA) is 114 Å². The van der Waals surface area contributed by atoms with Crippen LogP contribution in [0.1, 0.15) is 56.1 Å². The fourth-order valence-corrected chi connectivity index (χ4v) is 2.61. The SMILES string of the molecule is CC.CC.CN(C)c1ccccc1OCCC=O.NC(=O)c1n[nH]c(Cc2ccc(S)cc2)n1. The zero-order chi connectivity index (χ0) is 25.9. The number of hydrogen-bond donors (Lipinski definition) is 3. The molecule has 0 aliphatic rings. The van der Waals surface area contributed by atoms with E-state index in [0.29, 0.717) is 25.3 Å². The molecule has 0 saturated carbocycles. The Hall–Kier alpha value is -3.33. The summed E-state index contributed by atoms with van der Waals surface area (Å²) >= 11 is 4.19. The molecule has 3 rings (SSSR count). The summed E-state index contributed by atoms with van der Waals surface area (Å²) < 4.78 is 5.47. The van der Waals surface area contributed by atoms with Crippen LogP contribution in [-0.4, -0.2) is 48.1 Å². The number of aldehydes is 1. The molecule has 0 aliphatic heterocycles. The molecule has 3 N–H and O–H groups in total. The number of para-hydroxylation sites is 2. The Morgan fingerprint density at radius 2 is 1.71 bits per heavy atom. The van der Waals surface area contributed by atoms with Crippen molar-refractivity contribution in [3.05, 3.63) is 65.7 Å². The zero-order valence-electron chi connectivity index (χ0n) is 20.9. The molecule has 2 aromatic carbocycles. The standard InChI is InChI=1S/C11H15NO2.C10H10N4OS.2C2H6/c1-12(2)10-6-3-4-7-11(10)14-9-5-8-13;11-9(15)10-12-8(13-14-10)5-6-1-3-7(16)4-2-6;2*1-2/h3-4,6-8H,5,9H2,1-2H3;1-4,16H,5H2,(H2,11,15)(H,12,13,14);2*1-2H3. The van der Waals surface area contributed by atoms with E-state index in [-0.39, 0.29) is 5.82 Å². The predicted octanol–water partition coefficient (Wildman–Crippen LogP) is 4.56. The number of carbonyl (C=O) groups excluding carboxylic acids is 2. The van der Waals surface area contributed by atoms with Gasteiger partial charge >= 0.3 is 0 Å². The number of benzene rings is 2. The molecule has 1 aromatic heterocycles. The number of hydrogen-bond acceptors (Lipinski definition) is 7. The monoisotopic (exact) mass is 487 g/mol. The molecular weight excluding hydrogens is 450 g/mol. The number of primary amides is 1.